The van der Waals surface area contributed by atoms with Crippen molar-refractivity contribution >= 4 is 21.6 Å². The molecule has 1 fully saturated rings. The zero-order valence-corrected chi connectivity index (χ0v) is 11.5. The lowest BCUT2D eigenvalue weighted by molar-refractivity contribution is 0.418. The van der Waals surface area contributed by atoms with Gasteiger partial charge >= 0.3 is 0 Å². The molecule has 1 aliphatic heterocycles. The third-order valence-corrected chi connectivity index (χ3v) is 4.06. The molecule has 1 aliphatic rings. The van der Waals surface area contributed by atoms with Crippen molar-refractivity contribution in [2.75, 3.05) is 18.0 Å². The van der Waals surface area contributed by atoms with Crippen LogP contribution in [0, 0.1) is 5.41 Å². The highest BCUT2D eigenvalue weighted by atomic mass is 79.9. The highest BCUT2D eigenvalue weighted by molar-refractivity contribution is 9.10. The number of halogens is 1. The average molecular weight is 283 g/mol. The number of hydrogen-bond donors (Lipinski definition) is 1. The second-order valence-corrected chi connectivity index (χ2v) is 6.13. The van der Waals surface area contributed by atoms with Crippen LogP contribution in [0.25, 0.3) is 0 Å². The Hall–Kier alpha value is -0.540. The van der Waals surface area contributed by atoms with Crippen molar-refractivity contribution in [3.05, 3.63) is 28.2 Å². The van der Waals surface area contributed by atoms with Crippen LogP contribution in [-0.4, -0.2) is 13.1 Å². The molecule has 88 valence electrons. The molecule has 1 saturated heterocycles. The lowest BCUT2D eigenvalue weighted by atomic mass is 9.93. The normalized spacial score (nSPS) is 19.1. The summed E-state index contributed by atoms with van der Waals surface area (Å²) in [6, 6.07) is 6.32. The van der Waals surface area contributed by atoms with E-state index in [0.717, 1.165) is 17.6 Å². The molecule has 16 heavy (non-hydrogen) atoms. The lowest BCUT2D eigenvalue weighted by Gasteiger charge is -2.24. The Bertz CT molecular complexity index is 388. The fraction of sp³-hybridized carbons (Fsp3) is 0.538. The highest BCUT2D eigenvalue weighted by Crippen LogP contribution is 2.35. The predicted octanol–water partition coefficient (Wildman–Crippen LogP) is 3.14. The molecule has 0 amide bonds. The molecule has 0 bridgehead atoms. The second kappa shape index (κ2) is 4.38. The molecule has 0 spiro atoms. The molecule has 0 unspecified atom stereocenters. The van der Waals surface area contributed by atoms with Gasteiger partial charge in [0, 0.05) is 35.4 Å². The van der Waals surface area contributed by atoms with E-state index < -0.39 is 0 Å². The van der Waals surface area contributed by atoms with E-state index in [2.05, 4.69) is 52.9 Å². The summed E-state index contributed by atoms with van der Waals surface area (Å²) in [4.78, 5) is 2.45. The summed E-state index contributed by atoms with van der Waals surface area (Å²) in [6.07, 6.45) is 1.25. The minimum absolute atomic E-state index is 0.425. The molecule has 0 atom stereocenters. The predicted molar refractivity (Wildman–Crippen MR) is 72.6 cm³/mol. The van der Waals surface area contributed by atoms with Gasteiger partial charge in [-0.15, -0.1) is 0 Å². The van der Waals surface area contributed by atoms with Crippen LogP contribution in [0.1, 0.15) is 25.8 Å². The lowest BCUT2D eigenvalue weighted by Crippen LogP contribution is -2.24. The number of hydrogen-bond acceptors (Lipinski definition) is 2. The Morgan fingerprint density at radius 2 is 2.19 bits per heavy atom. The maximum absolute atomic E-state index is 5.83. The van der Waals surface area contributed by atoms with Crippen molar-refractivity contribution in [3.63, 3.8) is 0 Å². The number of nitrogens with two attached hydrogens (primary N) is 1. The van der Waals surface area contributed by atoms with E-state index in [1.54, 1.807) is 0 Å². The van der Waals surface area contributed by atoms with Crippen molar-refractivity contribution in [1.29, 1.82) is 0 Å². The maximum Gasteiger partial charge on any atom is 0.0423 e. The van der Waals surface area contributed by atoms with E-state index >= 15 is 0 Å². The number of benzene rings is 1. The first-order valence-corrected chi connectivity index (χ1v) is 6.55. The first-order valence-electron chi connectivity index (χ1n) is 5.76. The van der Waals surface area contributed by atoms with E-state index in [1.165, 1.54) is 17.7 Å². The van der Waals surface area contributed by atoms with E-state index in [9.17, 15) is 0 Å². The third-order valence-electron chi connectivity index (χ3n) is 3.32. The Kier molecular flexibility index (Phi) is 3.27. The van der Waals surface area contributed by atoms with Gasteiger partial charge in [-0.25, -0.2) is 0 Å². The van der Waals surface area contributed by atoms with Crippen molar-refractivity contribution in [1.82, 2.24) is 0 Å². The standard InChI is InChI=1S/C13H19BrN2/c1-13(2)6-7-16(9-13)12-5-3-4-11(14)10(12)8-15/h3-5H,6-9,15H2,1-2H3. The smallest absolute Gasteiger partial charge is 0.0423 e. The van der Waals surface area contributed by atoms with Gasteiger partial charge in [0.15, 0.2) is 0 Å². The molecule has 0 aromatic heterocycles. The maximum atomic E-state index is 5.83. The largest absolute Gasteiger partial charge is 0.371 e. The molecule has 0 radical (unpaired) electrons. The summed E-state index contributed by atoms with van der Waals surface area (Å²) in [7, 11) is 0. The molecule has 1 aromatic rings. The van der Waals surface area contributed by atoms with Crippen molar-refractivity contribution in [3.8, 4) is 0 Å². The van der Waals surface area contributed by atoms with Crippen LogP contribution < -0.4 is 10.6 Å². The summed E-state index contributed by atoms with van der Waals surface area (Å²) >= 11 is 3.58. The van der Waals surface area contributed by atoms with Gasteiger partial charge in [0.2, 0.25) is 0 Å². The molecule has 2 rings (SSSR count). The summed E-state index contributed by atoms with van der Waals surface area (Å²) in [6.45, 7) is 7.50. The molecule has 1 aromatic carbocycles. The van der Waals surface area contributed by atoms with Crippen LogP contribution in [0.3, 0.4) is 0 Å². The van der Waals surface area contributed by atoms with Gasteiger partial charge in [-0.2, -0.15) is 0 Å². The monoisotopic (exact) mass is 282 g/mol. The van der Waals surface area contributed by atoms with E-state index in [0.29, 0.717) is 12.0 Å². The highest BCUT2D eigenvalue weighted by Gasteiger charge is 2.30. The van der Waals surface area contributed by atoms with Gasteiger partial charge in [-0.3, -0.25) is 0 Å². The molecular weight excluding hydrogens is 264 g/mol. The van der Waals surface area contributed by atoms with Crippen LogP contribution in [0.2, 0.25) is 0 Å². The molecule has 2 N–H and O–H groups in total. The van der Waals surface area contributed by atoms with Crippen LogP contribution >= 0.6 is 15.9 Å². The van der Waals surface area contributed by atoms with Crippen LogP contribution in [0.15, 0.2) is 22.7 Å². The Labute approximate surface area is 106 Å². The van der Waals surface area contributed by atoms with Gasteiger partial charge in [0.25, 0.3) is 0 Å². The van der Waals surface area contributed by atoms with Gasteiger partial charge in [0.05, 0.1) is 0 Å². The molecule has 3 heteroatoms. The van der Waals surface area contributed by atoms with E-state index in [1.807, 2.05) is 0 Å². The summed E-state index contributed by atoms with van der Waals surface area (Å²) in [5.41, 5.74) is 8.77. The third kappa shape index (κ3) is 2.25. The van der Waals surface area contributed by atoms with Gasteiger partial charge in [0.1, 0.15) is 0 Å². The first kappa shape index (κ1) is 11.9. The second-order valence-electron chi connectivity index (χ2n) is 5.28. The van der Waals surface area contributed by atoms with E-state index in [-0.39, 0.29) is 0 Å². The van der Waals surface area contributed by atoms with Crippen LogP contribution in [-0.2, 0) is 6.54 Å². The van der Waals surface area contributed by atoms with Crippen LogP contribution in [0.4, 0.5) is 5.69 Å². The molecule has 1 heterocycles. The van der Waals surface area contributed by atoms with Crippen molar-refractivity contribution in [2.24, 2.45) is 11.1 Å². The molecule has 0 aliphatic carbocycles. The first-order chi connectivity index (χ1) is 7.53. The minimum Gasteiger partial charge on any atom is -0.371 e. The fourth-order valence-corrected chi connectivity index (χ4v) is 2.88. The van der Waals surface area contributed by atoms with Gasteiger partial charge in [-0.05, 0) is 24.0 Å². The number of anilines is 1. The van der Waals surface area contributed by atoms with Crippen molar-refractivity contribution in [2.45, 2.75) is 26.8 Å². The van der Waals surface area contributed by atoms with Gasteiger partial charge < -0.3 is 10.6 Å². The summed E-state index contributed by atoms with van der Waals surface area (Å²) in [5, 5.41) is 0. The van der Waals surface area contributed by atoms with Crippen LogP contribution in [0.5, 0.6) is 0 Å². The Morgan fingerprint density at radius 3 is 2.75 bits per heavy atom. The number of nitrogens with zero attached hydrogens (tertiary/aromatic N) is 1. The quantitative estimate of drug-likeness (QED) is 0.903. The van der Waals surface area contributed by atoms with E-state index in [4.69, 9.17) is 5.73 Å². The zero-order chi connectivity index (χ0) is 11.8. The zero-order valence-electron chi connectivity index (χ0n) is 9.96. The topological polar surface area (TPSA) is 29.3 Å². The number of rotatable bonds is 2. The fourth-order valence-electron chi connectivity index (χ4n) is 2.36. The summed E-state index contributed by atoms with van der Waals surface area (Å²) in [5.74, 6) is 0. The Balaban J connectivity index is 2.31. The average Bonchev–Trinajstić information content (AvgIpc) is 2.58. The molecule has 2 nitrogen and oxygen atoms in total. The molecular formula is C13H19BrN2. The SMILES string of the molecule is CC1(C)CCN(c2cccc(Br)c2CN)C1. The molecule has 0 saturated carbocycles. The minimum atomic E-state index is 0.425. The Morgan fingerprint density at radius 1 is 1.44 bits per heavy atom. The summed E-state index contributed by atoms with van der Waals surface area (Å²) < 4.78 is 1.12. The van der Waals surface area contributed by atoms with Gasteiger partial charge in [-0.1, -0.05) is 35.8 Å². The van der Waals surface area contributed by atoms with Crippen molar-refractivity contribution < 1.29 is 0 Å².